The van der Waals surface area contributed by atoms with Crippen molar-refractivity contribution in [1.82, 2.24) is 4.31 Å². The van der Waals surface area contributed by atoms with E-state index in [9.17, 15) is 8.42 Å². The molecule has 1 aromatic heterocycles. The van der Waals surface area contributed by atoms with Gasteiger partial charge >= 0.3 is 0 Å². The highest BCUT2D eigenvalue weighted by Gasteiger charge is 2.27. The third-order valence-corrected chi connectivity index (χ3v) is 5.96. The number of hydrogen-bond donors (Lipinski definition) is 1. The van der Waals surface area contributed by atoms with Gasteiger partial charge in [0.25, 0.3) is 0 Å². The van der Waals surface area contributed by atoms with Gasteiger partial charge in [-0.15, -0.1) is 11.3 Å². The van der Waals surface area contributed by atoms with Gasteiger partial charge in [0.15, 0.2) is 0 Å². The third-order valence-electron chi connectivity index (χ3n) is 2.76. The summed E-state index contributed by atoms with van der Waals surface area (Å²) in [6.45, 7) is 3.25. The molecule has 0 bridgehead atoms. The van der Waals surface area contributed by atoms with Gasteiger partial charge in [-0.25, -0.2) is 8.42 Å². The molecule has 2 heterocycles. The highest BCUT2D eigenvalue weighted by molar-refractivity contribution is 7.89. The van der Waals surface area contributed by atoms with Gasteiger partial charge in [0, 0.05) is 29.4 Å². The minimum absolute atomic E-state index is 0.390. The van der Waals surface area contributed by atoms with Crippen LogP contribution in [0.15, 0.2) is 23.1 Å². The number of sulfonamides is 1. The summed E-state index contributed by atoms with van der Waals surface area (Å²) in [6.07, 6.45) is 4.69. The van der Waals surface area contributed by atoms with Gasteiger partial charge < -0.3 is 5.73 Å². The Hall–Kier alpha value is -0.690. The molecule has 4 nitrogen and oxygen atoms in total. The molecule has 0 fully saturated rings. The van der Waals surface area contributed by atoms with Crippen molar-refractivity contribution < 1.29 is 8.42 Å². The standard InChI is InChI=1S/C11H16N2O2S2/c1-9-11(7-10(8-12)16-9)17(14,15)13-5-3-2-4-6-13/h2-3,7H,4-6,8,12H2,1H3. The molecule has 0 unspecified atom stereocenters. The Labute approximate surface area is 106 Å². The molecule has 0 amide bonds. The third kappa shape index (κ3) is 2.44. The Morgan fingerprint density at radius 3 is 2.76 bits per heavy atom. The molecule has 94 valence electrons. The fourth-order valence-corrected chi connectivity index (χ4v) is 4.75. The molecule has 1 aliphatic heterocycles. The molecule has 0 radical (unpaired) electrons. The second-order valence-electron chi connectivity index (χ2n) is 3.96. The second-order valence-corrected chi connectivity index (χ2v) is 7.21. The largest absolute Gasteiger partial charge is 0.326 e. The predicted molar refractivity (Wildman–Crippen MR) is 69.5 cm³/mol. The van der Waals surface area contributed by atoms with Crippen LogP contribution in [-0.4, -0.2) is 25.8 Å². The molecule has 1 aromatic rings. The van der Waals surface area contributed by atoms with Crippen LogP contribution in [0.2, 0.25) is 0 Å². The summed E-state index contributed by atoms with van der Waals surface area (Å²) in [4.78, 5) is 2.15. The Morgan fingerprint density at radius 1 is 1.47 bits per heavy atom. The minimum Gasteiger partial charge on any atom is -0.326 e. The fourth-order valence-electron chi connectivity index (χ4n) is 1.86. The molecule has 0 aliphatic carbocycles. The van der Waals surface area contributed by atoms with E-state index in [0.717, 1.165) is 16.2 Å². The van der Waals surface area contributed by atoms with Crippen LogP contribution in [0.3, 0.4) is 0 Å². The van der Waals surface area contributed by atoms with E-state index in [1.54, 1.807) is 6.07 Å². The van der Waals surface area contributed by atoms with Crippen molar-refractivity contribution in [2.45, 2.75) is 24.8 Å². The van der Waals surface area contributed by atoms with E-state index >= 15 is 0 Å². The Balaban J connectivity index is 2.36. The van der Waals surface area contributed by atoms with Crippen LogP contribution in [-0.2, 0) is 16.6 Å². The lowest BCUT2D eigenvalue weighted by atomic mass is 10.3. The van der Waals surface area contributed by atoms with Gasteiger partial charge in [0.2, 0.25) is 10.0 Å². The molecular formula is C11H16N2O2S2. The molecule has 0 aromatic carbocycles. The zero-order valence-corrected chi connectivity index (χ0v) is 11.4. The van der Waals surface area contributed by atoms with Crippen LogP contribution in [0.1, 0.15) is 16.2 Å². The van der Waals surface area contributed by atoms with Crippen LogP contribution in [0.4, 0.5) is 0 Å². The lowest BCUT2D eigenvalue weighted by Crippen LogP contribution is -2.33. The van der Waals surface area contributed by atoms with Crippen LogP contribution in [0.25, 0.3) is 0 Å². The SMILES string of the molecule is Cc1sc(CN)cc1S(=O)(=O)N1CC=CCC1. The first-order chi connectivity index (χ1) is 8.05. The summed E-state index contributed by atoms with van der Waals surface area (Å²) in [5.41, 5.74) is 5.54. The van der Waals surface area contributed by atoms with Crippen LogP contribution < -0.4 is 5.73 Å². The zero-order chi connectivity index (χ0) is 12.5. The topological polar surface area (TPSA) is 63.4 Å². The fraction of sp³-hybridized carbons (Fsp3) is 0.455. The summed E-state index contributed by atoms with van der Waals surface area (Å²) in [6, 6.07) is 1.70. The number of nitrogens with zero attached hydrogens (tertiary/aromatic N) is 1. The summed E-state index contributed by atoms with van der Waals surface area (Å²) < 4.78 is 26.3. The maximum absolute atomic E-state index is 12.4. The molecular weight excluding hydrogens is 256 g/mol. The quantitative estimate of drug-likeness (QED) is 0.847. The average molecular weight is 272 g/mol. The normalized spacial score (nSPS) is 17.5. The van der Waals surface area contributed by atoms with Crippen molar-refractivity contribution in [3.63, 3.8) is 0 Å². The lowest BCUT2D eigenvalue weighted by Gasteiger charge is -2.22. The van der Waals surface area contributed by atoms with E-state index in [0.29, 0.717) is 24.5 Å². The van der Waals surface area contributed by atoms with E-state index in [-0.39, 0.29) is 0 Å². The monoisotopic (exact) mass is 272 g/mol. The van der Waals surface area contributed by atoms with E-state index in [2.05, 4.69) is 0 Å². The van der Waals surface area contributed by atoms with Crippen molar-refractivity contribution in [3.05, 3.63) is 28.0 Å². The van der Waals surface area contributed by atoms with Gasteiger partial charge in [0.05, 0.1) is 4.90 Å². The van der Waals surface area contributed by atoms with Gasteiger partial charge in [-0.3, -0.25) is 0 Å². The molecule has 2 rings (SSSR count). The van der Waals surface area contributed by atoms with Crippen LogP contribution in [0, 0.1) is 6.92 Å². The highest BCUT2D eigenvalue weighted by atomic mass is 32.2. The summed E-state index contributed by atoms with van der Waals surface area (Å²) in [5, 5.41) is 0. The Morgan fingerprint density at radius 2 is 2.24 bits per heavy atom. The lowest BCUT2D eigenvalue weighted by molar-refractivity contribution is 0.437. The second kappa shape index (κ2) is 4.89. The molecule has 2 N–H and O–H groups in total. The van der Waals surface area contributed by atoms with E-state index in [1.807, 2.05) is 19.1 Å². The molecule has 6 heteroatoms. The Kier molecular flexibility index (Phi) is 3.67. The van der Waals surface area contributed by atoms with Gasteiger partial charge in [0.1, 0.15) is 0 Å². The number of hydrogen-bond acceptors (Lipinski definition) is 4. The number of aryl methyl sites for hydroxylation is 1. The summed E-state index contributed by atoms with van der Waals surface area (Å²) >= 11 is 1.46. The van der Waals surface area contributed by atoms with E-state index < -0.39 is 10.0 Å². The predicted octanol–water partition coefficient (Wildman–Crippen LogP) is 1.47. The number of thiophene rings is 1. The summed E-state index contributed by atoms with van der Waals surface area (Å²) in [7, 11) is -3.35. The molecule has 0 saturated heterocycles. The van der Waals surface area contributed by atoms with E-state index in [1.165, 1.54) is 15.6 Å². The first-order valence-corrected chi connectivity index (χ1v) is 7.76. The first kappa shape index (κ1) is 12.8. The minimum atomic E-state index is -3.35. The highest BCUT2D eigenvalue weighted by Crippen LogP contribution is 2.28. The van der Waals surface area contributed by atoms with Crippen molar-refractivity contribution in [1.29, 1.82) is 0 Å². The maximum Gasteiger partial charge on any atom is 0.244 e. The summed E-state index contributed by atoms with van der Waals surface area (Å²) in [5.74, 6) is 0. The van der Waals surface area contributed by atoms with Gasteiger partial charge in [-0.05, 0) is 19.4 Å². The molecule has 1 aliphatic rings. The van der Waals surface area contributed by atoms with Crippen molar-refractivity contribution in [2.75, 3.05) is 13.1 Å². The van der Waals surface area contributed by atoms with Crippen LogP contribution >= 0.6 is 11.3 Å². The molecule has 0 spiro atoms. The maximum atomic E-state index is 12.4. The average Bonchev–Trinajstić information content (AvgIpc) is 2.72. The first-order valence-electron chi connectivity index (χ1n) is 5.50. The zero-order valence-electron chi connectivity index (χ0n) is 9.72. The smallest absolute Gasteiger partial charge is 0.244 e. The molecule has 17 heavy (non-hydrogen) atoms. The van der Waals surface area contributed by atoms with Gasteiger partial charge in [-0.1, -0.05) is 12.2 Å². The number of nitrogens with two attached hydrogens (primary N) is 1. The Bertz CT molecular complexity index is 532. The van der Waals surface area contributed by atoms with Gasteiger partial charge in [-0.2, -0.15) is 4.31 Å². The van der Waals surface area contributed by atoms with Crippen molar-refractivity contribution >= 4 is 21.4 Å². The van der Waals surface area contributed by atoms with E-state index in [4.69, 9.17) is 5.73 Å². The van der Waals surface area contributed by atoms with Crippen molar-refractivity contribution in [2.24, 2.45) is 5.73 Å². The molecule has 0 atom stereocenters. The van der Waals surface area contributed by atoms with Crippen LogP contribution in [0.5, 0.6) is 0 Å². The molecule has 0 saturated carbocycles. The number of rotatable bonds is 3. The van der Waals surface area contributed by atoms with Crippen molar-refractivity contribution in [3.8, 4) is 0 Å².